The van der Waals surface area contributed by atoms with Gasteiger partial charge < -0.3 is 9.64 Å². The molecule has 24 heavy (non-hydrogen) atoms. The number of piperidine rings is 1. The molecule has 1 unspecified atom stereocenters. The molecule has 3 rings (SSSR count). The van der Waals surface area contributed by atoms with Gasteiger partial charge in [0.05, 0.1) is 30.2 Å². The van der Waals surface area contributed by atoms with Crippen LogP contribution in [0.1, 0.15) is 34.6 Å². The predicted octanol–water partition coefficient (Wildman–Crippen LogP) is 1.65. The van der Waals surface area contributed by atoms with Crippen molar-refractivity contribution in [3.63, 3.8) is 0 Å². The standard InChI is InChI=1S/C16H20FN5O2/c1-10-14(11(2)21(3)20-10)15(23)22-6-4-5-13(9-22)24-16-18-7-12(17)8-19-16/h7-8,13H,4-6,9H2,1-3H3. The zero-order valence-corrected chi connectivity index (χ0v) is 14.0. The van der Waals surface area contributed by atoms with Crippen LogP contribution in [-0.4, -0.2) is 49.7 Å². The van der Waals surface area contributed by atoms with Crippen LogP contribution in [0.25, 0.3) is 0 Å². The Morgan fingerprint density at radius 3 is 2.67 bits per heavy atom. The van der Waals surface area contributed by atoms with Gasteiger partial charge in [-0.15, -0.1) is 0 Å². The molecular weight excluding hydrogens is 313 g/mol. The van der Waals surface area contributed by atoms with E-state index in [4.69, 9.17) is 4.74 Å². The molecule has 0 aliphatic carbocycles. The number of nitrogens with zero attached hydrogens (tertiary/aromatic N) is 5. The largest absolute Gasteiger partial charge is 0.458 e. The molecule has 1 atom stereocenters. The van der Waals surface area contributed by atoms with Gasteiger partial charge in [-0.1, -0.05) is 0 Å². The van der Waals surface area contributed by atoms with E-state index >= 15 is 0 Å². The Labute approximate surface area is 139 Å². The lowest BCUT2D eigenvalue weighted by Crippen LogP contribution is -2.44. The summed E-state index contributed by atoms with van der Waals surface area (Å²) >= 11 is 0. The second-order valence-electron chi connectivity index (χ2n) is 5.99. The number of amides is 1. The Hall–Kier alpha value is -2.51. The van der Waals surface area contributed by atoms with Gasteiger partial charge in [-0.3, -0.25) is 9.48 Å². The van der Waals surface area contributed by atoms with Crippen molar-refractivity contribution in [1.29, 1.82) is 0 Å². The second kappa shape index (κ2) is 6.54. The Bertz CT molecular complexity index is 744. The van der Waals surface area contributed by atoms with Crippen LogP contribution in [0, 0.1) is 19.7 Å². The van der Waals surface area contributed by atoms with E-state index in [2.05, 4.69) is 15.1 Å². The van der Waals surface area contributed by atoms with Gasteiger partial charge in [0.2, 0.25) is 0 Å². The first-order chi connectivity index (χ1) is 11.5. The van der Waals surface area contributed by atoms with Crippen LogP contribution in [-0.2, 0) is 7.05 Å². The molecule has 0 aromatic carbocycles. The fourth-order valence-corrected chi connectivity index (χ4v) is 2.97. The molecule has 1 fully saturated rings. The van der Waals surface area contributed by atoms with Crippen LogP contribution in [0.5, 0.6) is 6.01 Å². The number of carbonyl (C=O) groups is 1. The van der Waals surface area contributed by atoms with E-state index in [9.17, 15) is 9.18 Å². The molecule has 7 nitrogen and oxygen atoms in total. The van der Waals surface area contributed by atoms with Crippen LogP contribution in [0.15, 0.2) is 12.4 Å². The van der Waals surface area contributed by atoms with Gasteiger partial charge >= 0.3 is 6.01 Å². The van der Waals surface area contributed by atoms with E-state index in [-0.39, 0.29) is 18.0 Å². The fraction of sp³-hybridized carbons (Fsp3) is 0.500. The third kappa shape index (κ3) is 3.22. The SMILES string of the molecule is Cc1nn(C)c(C)c1C(=O)N1CCCC(Oc2ncc(F)cn2)C1. The van der Waals surface area contributed by atoms with E-state index in [0.717, 1.165) is 36.6 Å². The molecule has 1 saturated heterocycles. The van der Waals surface area contributed by atoms with Gasteiger partial charge in [0, 0.05) is 19.3 Å². The minimum atomic E-state index is -0.509. The summed E-state index contributed by atoms with van der Waals surface area (Å²) in [5.41, 5.74) is 2.23. The smallest absolute Gasteiger partial charge is 0.316 e. The highest BCUT2D eigenvalue weighted by atomic mass is 19.1. The van der Waals surface area contributed by atoms with Crippen molar-refractivity contribution >= 4 is 5.91 Å². The van der Waals surface area contributed by atoms with Gasteiger partial charge in [-0.25, -0.2) is 14.4 Å². The second-order valence-corrected chi connectivity index (χ2v) is 5.99. The summed E-state index contributed by atoms with van der Waals surface area (Å²) in [6.45, 7) is 4.85. The van der Waals surface area contributed by atoms with Crippen LogP contribution < -0.4 is 4.74 Å². The first kappa shape index (κ1) is 16.4. The molecule has 0 saturated carbocycles. The monoisotopic (exact) mass is 333 g/mol. The van der Waals surface area contributed by atoms with Gasteiger partial charge in [0.25, 0.3) is 5.91 Å². The number of halogens is 1. The highest BCUT2D eigenvalue weighted by molar-refractivity contribution is 5.96. The predicted molar refractivity (Wildman–Crippen MR) is 84.2 cm³/mol. The average molecular weight is 333 g/mol. The first-order valence-electron chi connectivity index (χ1n) is 7.89. The summed E-state index contributed by atoms with van der Waals surface area (Å²) in [6.07, 6.45) is 3.56. The van der Waals surface area contributed by atoms with Crippen molar-refractivity contribution in [2.45, 2.75) is 32.8 Å². The number of carbonyl (C=O) groups excluding carboxylic acids is 1. The molecule has 1 amide bonds. The third-order valence-electron chi connectivity index (χ3n) is 4.26. The van der Waals surface area contributed by atoms with E-state index in [1.54, 1.807) is 9.58 Å². The maximum absolute atomic E-state index is 12.9. The maximum Gasteiger partial charge on any atom is 0.316 e. The minimum absolute atomic E-state index is 0.0357. The number of ether oxygens (including phenoxy) is 1. The minimum Gasteiger partial charge on any atom is -0.458 e. The van der Waals surface area contributed by atoms with Crippen molar-refractivity contribution in [1.82, 2.24) is 24.6 Å². The third-order valence-corrected chi connectivity index (χ3v) is 4.26. The molecule has 0 radical (unpaired) electrons. The van der Waals surface area contributed by atoms with Crippen LogP contribution in [0.3, 0.4) is 0 Å². The molecule has 2 aromatic rings. The zero-order valence-electron chi connectivity index (χ0n) is 14.0. The molecule has 128 valence electrons. The van der Waals surface area contributed by atoms with Gasteiger partial charge in [-0.05, 0) is 26.7 Å². The number of aromatic nitrogens is 4. The summed E-state index contributed by atoms with van der Waals surface area (Å²) in [5.74, 6) is -0.545. The Kier molecular flexibility index (Phi) is 4.46. The van der Waals surface area contributed by atoms with Crippen LogP contribution >= 0.6 is 0 Å². The van der Waals surface area contributed by atoms with E-state index in [1.807, 2.05) is 20.9 Å². The molecule has 3 heterocycles. The van der Waals surface area contributed by atoms with Crippen LogP contribution in [0.2, 0.25) is 0 Å². The Morgan fingerprint density at radius 2 is 2.04 bits per heavy atom. The number of hydrogen-bond acceptors (Lipinski definition) is 5. The number of aryl methyl sites for hydroxylation is 2. The summed E-state index contributed by atoms with van der Waals surface area (Å²) in [6, 6.07) is 0.129. The summed E-state index contributed by atoms with van der Waals surface area (Å²) < 4.78 is 20.3. The summed E-state index contributed by atoms with van der Waals surface area (Å²) in [4.78, 5) is 22.2. The van der Waals surface area contributed by atoms with Gasteiger partial charge in [0.15, 0.2) is 5.82 Å². The van der Waals surface area contributed by atoms with Crippen molar-refractivity contribution < 1.29 is 13.9 Å². The average Bonchev–Trinajstić information content (AvgIpc) is 2.82. The lowest BCUT2D eigenvalue weighted by Gasteiger charge is -2.32. The van der Waals surface area contributed by atoms with Crippen molar-refractivity contribution in [2.24, 2.45) is 7.05 Å². The highest BCUT2D eigenvalue weighted by Gasteiger charge is 2.29. The van der Waals surface area contributed by atoms with Gasteiger partial charge in [-0.2, -0.15) is 5.10 Å². The molecule has 1 aliphatic rings. The molecule has 2 aromatic heterocycles. The number of likely N-dealkylation sites (tertiary alicyclic amines) is 1. The van der Waals surface area contributed by atoms with E-state index in [0.29, 0.717) is 18.7 Å². The lowest BCUT2D eigenvalue weighted by molar-refractivity contribution is 0.0514. The molecule has 1 aliphatic heterocycles. The molecule has 0 spiro atoms. The van der Waals surface area contributed by atoms with Gasteiger partial charge in [0.1, 0.15) is 6.10 Å². The Balaban J connectivity index is 1.71. The zero-order chi connectivity index (χ0) is 17.3. The highest BCUT2D eigenvalue weighted by Crippen LogP contribution is 2.20. The van der Waals surface area contributed by atoms with Crippen molar-refractivity contribution in [2.75, 3.05) is 13.1 Å². The quantitative estimate of drug-likeness (QED) is 0.854. The topological polar surface area (TPSA) is 73.1 Å². The van der Waals surface area contributed by atoms with Crippen LogP contribution in [0.4, 0.5) is 4.39 Å². The van der Waals surface area contributed by atoms with Crippen molar-refractivity contribution in [3.8, 4) is 6.01 Å². The first-order valence-corrected chi connectivity index (χ1v) is 7.89. The Morgan fingerprint density at radius 1 is 1.33 bits per heavy atom. The lowest BCUT2D eigenvalue weighted by atomic mass is 10.1. The molecular formula is C16H20FN5O2. The molecule has 8 heteroatoms. The number of rotatable bonds is 3. The maximum atomic E-state index is 12.9. The fourth-order valence-electron chi connectivity index (χ4n) is 2.97. The molecule has 0 N–H and O–H groups in total. The normalized spacial score (nSPS) is 17.8. The van der Waals surface area contributed by atoms with E-state index in [1.165, 1.54) is 0 Å². The van der Waals surface area contributed by atoms with Crippen molar-refractivity contribution in [3.05, 3.63) is 35.2 Å². The summed E-state index contributed by atoms with van der Waals surface area (Å²) in [5, 5.41) is 4.30. The summed E-state index contributed by atoms with van der Waals surface area (Å²) in [7, 11) is 1.83. The van der Waals surface area contributed by atoms with E-state index < -0.39 is 5.82 Å². The molecule has 0 bridgehead atoms. The number of hydrogen-bond donors (Lipinski definition) is 0.